The van der Waals surface area contributed by atoms with E-state index in [0.29, 0.717) is 12.2 Å². The molecule has 0 aromatic heterocycles. The highest BCUT2D eigenvalue weighted by molar-refractivity contribution is 5.88. The lowest BCUT2D eigenvalue weighted by Gasteiger charge is -2.11. The van der Waals surface area contributed by atoms with Crippen molar-refractivity contribution in [2.45, 2.75) is 6.92 Å². The van der Waals surface area contributed by atoms with Gasteiger partial charge in [-0.05, 0) is 6.92 Å². The summed E-state index contributed by atoms with van der Waals surface area (Å²) >= 11 is 0. The summed E-state index contributed by atoms with van der Waals surface area (Å²) in [6.07, 6.45) is 0. The predicted octanol–water partition coefficient (Wildman–Crippen LogP) is -0.216. The number of nitrogens with one attached hydrogen (secondary N) is 1. The Bertz CT molecular complexity index is 249. The molecule has 0 spiro atoms. The molecule has 0 radical (unpaired) electrons. The highest BCUT2D eigenvalue weighted by atomic mass is 16.5. The Morgan fingerprint density at radius 2 is 1.93 bits per heavy atom. The molecule has 15 heavy (non-hydrogen) atoms. The van der Waals surface area contributed by atoms with Crippen LogP contribution in [0.4, 0.5) is 0 Å². The average Bonchev–Trinajstić information content (AvgIpc) is 2.17. The molecule has 0 fully saturated rings. The number of rotatable bonds is 6. The molecule has 1 amide bonds. The first-order valence-corrected chi connectivity index (χ1v) is 4.74. The van der Waals surface area contributed by atoms with E-state index in [-0.39, 0.29) is 19.0 Å². The van der Waals surface area contributed by atoms with E-state index in [9.17, 15) is 9.59 Å². The minimum Gasteiger partial charge on any atom is -0.463 e. The molecule has 0 aromatic rings. The summed E-state index contributed by atoms with van der Waals surface area (Å²) < 4.78 is 4.73. The Labute approximate surface area is 90.1 Å². The second kappa shape index (κ2) is 7.00. The molecule has 0 bridgehead atoms. The Kier molecular flexibility index (Phi) is 6.37. The van der Waals surface area contributed by atoms with Crippen LogP contribution in [0.5, 0.6) is 0 Å². The highest BCUT2D eigenvalue weighted by Gasteiger charge is 2.08. The number of amides is 1. The number of nitrogens with zero attached hydrogens (tertiary/aromatic N) is 1. The van der Waals surface area contributed by atoms with Crippen LogP contribution in [0.15, 0.2) is 12.2 Å². The molecule has 0 saturated heterocycles. The molecule has 0 heterocycles. The first-order valence-electron chi connectivity index (χ1n) is 4.74. The molecule has 0 saturated carbocycles. The molecule has 0 unspecified atom stereocenters. The summed E-state index contributed by atoms with van der Waals surface area (Å²) in [6.45, 7) is 6.06. The fourth-order valence-electron chi connectivity index (χ4n) is 0.784. The van der Waals surface area contributed by atoms with E-state index in [1.165, 1.54) is 4.90 Å². The number of carbonyl (C=O) groups excluding carboxylic acids is 2. The first-order chi connectivity index (χ1) is 6.99. The molecule has 0 aliphatic heterocycles. The quantitative estimate of drug-likeness (QED) is 0.491. The lowest BCUT2D eigenvalue weighted by molar-refractivity contribution is -0.138. The molecule has 0 aromatic carbocycles. The van der Waals surface area contributed by atoms with E-state index in [1.54, 1.807) is 21.0 Å². The lowest BCUT2D eigenvalue weighted by Crippen LogP contribution is -2.34. The van der Waals surface area contributed by atoms with Crippen molar-refractivity contribution in [3.8, 4) is 0 Å². The highest BCUT2D eigenvalue weighted by Crippen LogP contribution is 1.92. The Balaban J connectivity index is 3.73. The Hall–Kier alpha value is -1.36. The van der Waals surface area contributed by atoms with Gasteiger partial charge in [0.05, 0.1) is 13.2 Å². The number of likely N-dealkylation sites (N-methyl/N-ethyl adjacent to an activating group) is 1. The van der Waals surface area contributed by atoms with Gasteiger partial charge in [0.1, 0.15) is 0 Å². The maximum Gasteiger partial charge on any atom is 0.334 e. The minimum atomic E-state index is -0.428. The monoisotopic (exact) mass is 214 g/mol. The smallest absolute Gasteiger partial charge is 0.334 e. The van der Waals surface area contributed by atoms with Crippen LogP contribution < -0.4 is 5.32 Å². The van der Waals surface area contributed by atoms with Gasteiger partial charge in [-0.2, -0.15) is 0 Å². The van der Waals surface area contributed by atoms with Crippen LogP contribution in [-0.4, -0.2) is 50.6 Å². The van der Waals surface area contributed by atoms with E-state index in [1.807, 2.05) is 0 Å². The number of esters is 1. The van der Waals surface area contributed by atoms with Crippen molar-refractivity contribution < 1.29 is 14.3 Å². The third-order valence-electron chi connectivity index (χ3n) is 1.68. The SMILES string of the molecule is C=C(CNCC(=O)N(C)C)C(=O)OCC. The van der Waals surface area contributed by atoms with Crippen LogP contribution in [0, 0.1) is 0 Å². The van der Waals surface area contributed by atoms with Crippen LogP contribution in [0.2, 0.25) is 0 Å². The minimum absolute atomic E-state index is 0.0494. The van der Waals surface area contributed by atoms with Gasteiger partial charge in [0.15, 0.2) is 0 Å². The van der Waals surface area contributed by atoms with Crippen molar-refractivity contribution in [3.63, 3.8) is 0 Å². The zero-order valence-electron chi connectivity index (χ0n) is 9.50. The molecule has 5 nitrogen and oxygen atoms in total. The van der Waals surface area contributed by atoms with Gasteiger partial charge in [0.2, 0.25) is 5.91 Å². The van der Waals surface area contributed by atoms with Crippen molar-refractivity contribution >= 4 is 11.9 Å². The zero-order chi connectivity index (χ0) is 11.8. The molecule has 86 valence electrons. The first kappa shape index (κ1) is 13.6. The fraction of sp³-hybridized carbons (Fsp3) is 0.600. The van der Waals surface area contributed by atoms with Gasteiger partial charge < -0.3 is 15.0 Å². The maximum absolute atomic E-state index is 11.1. The second-order valence-corrected chi connectivity index (χ2v) is 3.22. The van der Waals surface area contributed by atoms with Gasteiger partial charge >= 0.3 is 5.97 Å². The molecule has 0 atom stereocenters. The molecular formula is C10H18N2O3. The van der Waals surface area contributed by atoms with Crippen molar-refractivity contribution in [1.82, 2.24) is 10.2 Å². The van der Waals surface area contributed by atoms with Crippen LogP contribution >= 0.6 is 0 Å². The van der Waals surface area contributed by atoms with Crippen molar-refractivity contribution in [3.05, 3.63) is 12.2 Å². The third-order valence-corrected chi connectivity index (χ3v) is 1.68. The summed E-state index contributed by atoms with van der Waals surface area (Å²) in [5.74, 6) is -0.478. The number of hydrogen-bond acceptors (Lipinski definition) is 4. The Morgan fingerprint density at radius 3 is 2.40 bits per heavy atom. The van der Waals surface area contributed by atoms with Gasteiger partial charge in [-0.25, -0.2) is 4.79 Å². The Morgan fingerprint density at radius 1 is 1.33 bits per heavy atom. The summed E-state index contributed by atoms with van der Waals surface area (Å²) in [6, 6.07) is 0. The lowest BCUT2D eigenvalue weighted by atomic mass is 10.3. The van der Waals surface area contributed by atoms with Gasteiger partial charge in [0.25, 0.3) is 0 Å². The van der Waals surface area contributed by atoms with Crippen LogP contribution in [0.1, 0.15) is 6.92 Å². The number of carbonyl (C=O) groups is 2. The van der Waals surface area contributed by atoms with Gasteiger partial charge in [-0.1, -0.05) is 6.58 Å². The second-order valence-electron chi connectivity index (χ2n) is 3.22. The zero-order valence-corrected chi connectivity index (χ0v) is 9.50. The number of hydrogen-bond donors (Lipinski definition) is 1. The molecule has 0 aliphatic carbocycles. The summed E-state index contributed by atoms with van der Waals surface area (Å²) in [5.41, 5.74) is 0.323. The third kappa shape index (κ3) is 5.85. The van der Waals surface area contributed by atoms with E-state index < -0.39 is 5.97 Å². The van der Waals surface area contributed by atoms with Gasteiger partial charge in [0, 0.05) is 26.2 Å². The fourth-order valence-corrected chi connectivity index (χ4v) is 0.784. The molecule has 0 aliphatic rings. The molecule has 1 N–H and O–H groups in total. The average molecular weight is 214 g/mol. The molecule has 0 rings (SSSR count). The summed E-state index contributed by atoms with van der Waals surface area (Å²) in [7, 11) is 3.34. The number of ether oxygens (including phenoxy) is 1. The van der Waals surface area contributed by atoms with Crippen molar-refractivity contribution in [2.24, 2.45) is 0 Å². The molecule has 5 heteroatoms. The summed E-state index contributed by atoms with van der Waals surface area (Å²) in [4.78, 5) is 23.7. The predicted molar refractivity (Wildman–Crippen MR) is 57.3 cm³/mol. The van der Waals surface area contributed by atoms with Crippen molar-refractivity contribution in [1.29, 1.82) is 0 Å². The van der Waals surface area contributed by atoms with Crippen LogP contribution in [0.3, 0.4) is 0 Å². The topological polar surface area (TPSA) is 58.6 Å². The molecular weight excluding hydrogens is 196 g/mol. The normalized spacial score (nSPS) is 9.53. The van der Waals surface area contributed by atoms with Crippen LogP contribution in [-0.2, 0) is 14.3 Å². The van der Waals surface area contributed by atoms with Crippen molar-refractivity contribution in [2.75, 3.05) is 33.8 Å². The largest absolute Gasteiger partial charge is 0.463 e. The van der Waals surface area contributed by atoms with E-state index in [0.717, 1.165) is 0 Å². The van der Waals surface area contributed by atoms with Crippen LogP contribution in [0.25, 0.3) is 0 Å². The maximum atomic E-state index is 11.1. The van der Waals surface area contributed by atoms with E-state index in [4.69, 9.17) is 4.74 Å². The van der Waals surface area contributed by atoms with E-state index in [2.05, 4.69) is 11.9 Å². The van der Waals surface area contributed by atoms with Gasteiger partial charge in [-0.3, -0.25) is 4.79 Å². The standard InChI is InChI=1S/C10H18N2O3/c1-5-15-10(14)8(2)6-11-7-9(13)12(3)4/h11H,2,5-7H2,1,3-4H3. The van der Waals surface area contributed by atoms with E-state index >= 15 is 0 Å². The van der Waals surface area contributed by atoms with Gasteiger partial charge in [-0.15, -0.1) is 0 Å². The summed E-state index contributed by atoms with van der Waals surface area (Å²) in [5, 5.41) is 2.81.